The van der Waals surface area contributed by atoms with Crippen LogP contribution in [0.4, 0.5) is 0 Å². The Morgan fingerprint density at radius 2 is 1.94 bits per heavy atom. The molecule has 0 spiro atoms. The number of rotatable bonds is 7. The Bertz CT molecular complexity index is 256. The lowest BCUT2D eigenvalue weighted by Gasteiger charge is -2.36. The summed E-state index contributed by atoms with van der Waals surface area (Å²) in [6.45, 7) is 13.8. The predicted molar refractivity (Wildman–Crippen MR) is 86.2 cm³/mol. The molecule has 1 rings (SSSR count). The lowest BCUT2D eigenvalue weighted by atomic mass is 10.2. The summed E-state index contributed by atoms with van der Waals surface area (Å²) in [5.74, 6) is 0. The second-order valence-electron chi connectivity index (χ2n) is 6.65. The Balaban J connectivity index is 2.35. The Morgan fingerprint density at radius 3 is 2.50 bits per heavy atom. The minimum absolute atomic E-state index is 0.750. The van der Waals surface area contributed by atoms with Crippen molar-refractivity contribution in [2.75, 3.05) is 13.2 Å². The monoisotopic (exact) mass is 307 g/mol. The van der Waals surface area contributed by atoms with Crippen molar-refractivity contribution in [2.24, 2.45) is 0 Å². The first-order valence-electron chi connectivity index (χ1n) is 7.36. The number of hydrogen-bond donors (Lipinski definition) is 0. The fourth-order valence-corrected chi connectivity index (χ4v) is 7.51. The predicted octanol–water partition coefficient (Wildman–Crippen LogP) is 4.41. The van der Waals surface area contributed by atoms with Crippen molar-refractivity contribution in [1.29, 1.82) is 0 Å². The first kappa shape index (κ1) is 16.7. The van der Waals surface area contributed by atoms with Gasteiger partial charge in [-0.3, -0.25) is 0 Å². The van der Waals surface area contributed by atoms with E-state index >= 15 is 0 Å². The van der Waals surface area contributed by atoms with Gasteiger partial charge >= 0.3 is 0 Å². The molecule has 0 aliphatic carbocycles. The van der Waals surface area contributed by atoms with Gasteiger partial charge in [-0.05, 0) is 38.4 Å². The average molecular weight is 308 g/mol. The maximum atomic E-state index is 6.46. The minimum atomic E-state index is -1.88. The molecule has 1 heterocycles. The summed E-state index contributed by atoms with van der Waals surface area (Å²) < 4.78 is 8.75. The molecule has 0 aromatic carbocycles. The molecule has 2 nitrogen and oxygen atoms in total. The summed E-state index contributed by atoms with van der Waals surface area (Å²) in [5, 5.41) is 0. The highest BCUT2D eigenvalue weighted by Gasteiger charge is 2.34. The van der Waals surface area contributed by atoms with Crippen LogP contribution in [0, 0.1) is 0 Å². The Morgan fingerprint density at radius 1 is 1.28 bits per heavy atom. The van der Waals surface area contributed by atoms with E-state index in [1.54, 1.807) is 0 Å². The van der Waals surface area contributed by atoms with Crippen LogP contribution in [0.25, 0.3) is 0 Å². The van der Waals surface area contributed by atoms with Crippen LogP contribution in [0.2, 0.25) is 32.2 Å². The molecule has 0 saturated carbocycles. The van der Waals surface area contributed by atoms with E-state index in [-0.39, 0.29) is 0 Å². The topological polar surface area (TPSA) is 12.5 Å². The van der Waals surface area contributed by atoms with Crippen molar-refractivity contribution in [3.05, 3.63) is 0 Å². The second-order valence-corrected chi connectivity index (χ2v) is 17.0. The molecular weight excluding hydrogens is 278 g/mol. The normalized spacial score (nSPS) is 25.3. The van der Waals surface area contributed by atoms with Crippen LogP contribution in [-0.2, 0) is 4.43 Å². The van der Waals surface area contributed by atoms with Gasteiger partial charge in [0.2, 0.25) is 0 Å². The molecule has 0 amide bonds. The molecule has 1 aliphatic rings. The zero-order valence-corrected chi connectivity index (χ0v) is 15.5. The highest BCUT2D eigenvalue weighted by atomic mass is 35.6. The fraction of sp³-hybridized carbons (Fsp3) is 1.00. The van der Waals surface area contributed by atoms with Gasteiger partial charge in [-0.15, -0.1) is 11.1 Å². The van der Waals surface area contributed by atoms with Crippen molar-refractivity contribution >= 4 is 26.9 Å². The lowest BCUT2D eigenvalue weighted by molar-refractivity contribution is 0.259. The molecule has 2 unspecified atom stereocenters. The summed E-state index contributed by atoms with van der Waals surface area (Å²) in [7, 11) is -3.02. The lowest BCUT2D eigenvalue weighted by Crippen LogP contribution is -2.49. The molecule has 0 N–H and O–H groups in total. The van der Waals surface area contributed by atoms with Crippen molar-refractivity contribution in [2.45, 2.75) is 70.9 Å². The van der Waals surface area contributed by atoms with Gasteiger partial charge in [0.05, 0.1) is 0 Å². The summed E-state index contributed by atoms with van der Waals surface area (Å²) >= 11 is 6.46. The molecule has 0 bridgehead atoms. The largest absolute Gasteiger partial charge is 0.403 e. The minimum Gasteiger partial charge on any atom is -0.403 e. The van der Waals surface area contributed by atoms with Crippen LogP contribution >= 0.6 is 11.1 Å². The van der Waals surface area contributed by atoms with Crippen LogP contribution in [0.5, 0.6) is 0 Å². The first-order valence-corrected chi connectivity index (χ1v) is 14.4. The molecule has 18 heavy (non-hydrogen) atoms. The van der Waals surface area contributed by atoms with Crippen molar-refractivity contribution < 1.29 is 4.43 Å². The Labute approximate surface area is 120 Å². The van der Waals surface area contributed by atoms with E-state index in [0.29, 0.717) is 0 Å². The van der Waals surface area contributed by atoms with Gasteiger partial charge in [0, 0.05) is 12.6 Å². The molecule has 1 saturated heterocycles. The molecule has 0 radical (unpaired) electrons. The molecule has 1 aliphatic heterocycles. The molecule has 1 fully saturated rings. The van der Waals surface area contributed by atoms with E-state index in [2.05, 4.69) is 37.7 Å². The quantitative estimate of drug-likeness (QED) is 0.510. The van der Waals surface area contributed by atoms with Gasteiger partial charge in [-0.2, -0.15) is 0 Å². The van der Waals surface area contributed by atoms with Gasteiger partial charge in [0.25, 0.3) is 7.63 Å². The highest BCUT2D eigenvalue weighted by Crippen LogP contribution is 2.27. The van der Waals surface area contributed by atoms with Crippen LogP contribution < -0.4 is 0 Å². The molecule has 0 aromatic rings. The third-order valence-corrected chi connectivity index (χ3v) is 9.19. The number of hydrogen-bond acceptors (Lipinski definition) is 2. The maximum Gasteiger partial charge on any atom is 0.286 e. The molecule has 0 aromatic heterocycles. The smallest absolute Gasteiger partial charge is 0.286 e. The van der Waals surface area contributed by atoms with Crippen LogP contribution in [-0.4, -0.2) is 39.6 Å². The van der Waals surface area contributed by atoms with Crippen LogP contribution in [0.3, 0.4) is 0 Å². The molecule has 108 valence electrons. The van der Waals surface area contributed by atoms with Gasteiger partial charge in [-0.25, -0.2) is 0 Å². The van der Waals surface area contributed by atoms with Crippen LogP contribution in [0.1, 0.15) is 32.6 Å². The summed E-state index contributed by atoms with van der Waals surface area (Å²) in [6, 6.07) is 1.82. The summed E-state index contributed by atoms with van der Waals surface area (Å²) in [4.78, 5) is 0. The van der Waals surface area contributed by atoms with E-state index in [1.165, 1.54) is 25.8 Å². The second kappa shape index (κ2) is 6.88. The van der Waals surface area contributed by atoms with Crippen LogP contribution in [0.15, 0.2) is 0 Å². The zero-order chi connectivity index (χ0) is 13.8. The van der Waals surface area contributed by atoms with E-state index in [1.807, 2.05) is 0 Å². The number of nitrogens with zero attached hydrogens (tertiary/aromatic N) is 1. The van der Waals surface area contributed by atoms with Crippen molar-refractivity contribution in [3.8, 4) is 0 Å². The maximum absolute atomic E-state index is 6.46. The van der Waals surface area contributed by atoms with Gasteiger partial charge in [0.15, 0.2) is 0 Å². The Hall–Kier alpha value is 0.644. The summed E-state index contributed by atoms with van der Waals surface area (Å²) in [6.07, 6.45) is 5.02. The number of halogens is 1. The van der Waals surface area contributed by atoms with Gasteiger partial charge in [0.1, 0.15) is 8.24 Å². The van der Waals surface area contributed by atoms with E-state index in [9.17, 15) is 0 Å². The van der Waals surface area contributed by atoms with Crippen molar-refractivity contribution in [3.63, 3.8) is 0 Å². The highest BCUT2D eigenvalue weighted by molar-refractivity contribution is 7.16. The van der Waals surface area contributed by atoms with Gasteiger partial charge in [-0.1, -0.05) is 33.0 Å². The SMILES string of the molecule is CCC[Si](C)(Cl)OCCC1CCCN1[Si](C)(C)C. The Kier molecular flexibility index (Phi) is 6.39. The fourth-order valence-electron chi connectivity index (χ4n) is 2.95. The van der Waals surface area contributed by atoms with E-state index in [4.69, 9.17) is 15.5 Å². The van der Waals surface area contributed by atoms with E-state index in [0.717, 1.165) is 25.1 Å². The average Bonchev–Trinajstić information content (AvgIpc) is 2.64. The van der Waals surface area contributed by atoms with Crippen molar-refractivity contribution in [1.82, 2.24) is 4.57 Å². The molecular formula is C13H30ClNOSi2. The zero-order valence-electron chi connectivity index (χ0n) is 12.8. The van der Waals surface area contributed by atoms with E-state index < -0.39 is 15.9 Å². The molecule has 5 heteroatoms. The first-order chi connectivity index (χ1) is 8.26. The summed E-state index contributed by atoms with van der Waals surface area (Å²) in [5.41, 5.74) is 0. The van der Waals surface area contributed by atoms with Gasteiger partial charge < -0.3 is 8.99 Å². The standard InChI is InChI=1S/C13H30ClNOSi2/c1-6-12-18(5,14)16-11-9-13-8-7-10-15(13)17(2,3)4/h13H,6-12H2,1-5H3. The third kappa shape index (κ3) is 5.33. The molecule has 2 atom stereocenters. The third-order valence-electron chi connectivity index (χ3n) is 3.79.